The Balaban J connectivity index is 2.87. The second kappa shape index (κ2) is 6.56. The molecule has 0 fully saturated rings. The van der Waals surface area contributed by atoms with E-state index in [1.165, 1.54) is 12.1 Å². The minimum Gasteiger partial charge on any atom is -0.337 e. The van der Waals surface area contributed by atoms with Gasteiger partial charge in [-0.2, -0.15) is 13.2 Å². The fraction of sp³-hybridized carbons (Fsp3) is 0.462. The molecule has 0 aliphatic rings. The summed E-state index contributed by atoms with van der Waals surface area (Å²) < 4.78 is 37.2. The van der Waals surface area contributed by atoms with Crippen LogP contribution in [0.3, 0.4) is 0 Å². The Kier molecular flexibility index (Phi) is 5.35. The van der Waals surface area contributed by atoms with Crippen LogP contribution in [0.4, 0.5) is 13.2 Å². The molecule has 0 unspecified atom stereocenters. The van der Waals surface area contributed by atoms with Crippen molar-refractivity contribution in [3.8, 4) is 0 Å². The van der Waals surface area contributed by atoms with Crippen molar-refractivity contribution in [1.29, 1.82) is 0 Å². The number of nitrogens with zero attached hydrogens (tertiary/aromatic N) is 1. The van der Waals surface area contributed by atoms with Crippen molar-refractivity contribution >= 4 is 5.91 Å². The fourth-order valence-electron chi connectivity index (χ4n) is 1.73. The number of rotatable bonds is 5. The maximum Gasteiger partial charge on any atom is 0.416 e. The highest BCUT2D eigenvalue weighted by Gasteiger charge is 2.30. The fourth-order valence-corrected chi connectivity index (χ4v) is 1.73. The van der Waals surface area contributed by atoms with Crippen LogP contribution in [0.2, 0.25) is 0 Å². The normalized spacial score (nSPS) is 11.4. The van der Waals surface area contributed by atoms with Gasteiger partial charge in [-0.3, -0.25) is 4.79 Å². The van der Waals surface area contributed by atoms with Crippen molar-refractivity contribution < 1.29 is 18.0 Å². The molecule has 0 spiro atoms. The molecule has 0 bridgehead atoms. The zero-order chi connectivity index (χ0) is 14.5. The second-order valence-corrected chi connectivity index (χ2v) is 4.16. The van der Waals surface area contributed by atoms with Gasteiger partial charge in [0, 0.05) is 25.2 Å². The Bertz CT molecular complexity index is 409. The van der Waals surface area contributed by atoms with Gasteiger partial charge in [0.2, 0.25) is 0 Å². The van der Waals surface area contributed by atoms with Gasteiger partial charge in [-0.1, -0.05) is 6.92 Å². The molecule has 19 heavy (non-hydrogen) atoms. The maximum absolute atomic E-state index is 12.4. The van der Waals surface area contributed by atoms with Crippen LogP contribution in [0.1, 0.15) is 29.3 Å². The molecular weight excluding hydrogens is 257 g/mol. The standard InChI is InChI=1S/C13H17F3N2O/c1-2-8-18(9-7-17)12(19)10-3-5-11(6-4-10)13(14,15)16/h3-6H,2,7-9,17H2,1H3. The van der Waals surface area contributed by atoms with E-state index in [-0.39, 0.29) is 11.5 Å². The summed E-state index contributed by atoms with van der Waals surface area (Å²) in [5.74, 6) is -0.291. The zero-order valence-corrected chi connectivity index (χ0v) is 10.7. The first-order valence-corrected chi connectivity index (χ1v) is 6.06. The Labute approximate surface area is 110 Å². The van der Waals surface area contributed by atoms with E-state index in [0.29, 0.717) is 19.6 Å². The molecule has 1 amide bonds. The van der Waals surface area contributed by atoms with E-state index in [0.717, 1.165) is 18.6 Å². The van der Waals surface area contributed by atoms with Crippen molar-refractivity contribution in [2.24, 2.45) is 5.73 Å². The minimum atomic E-state index is -4.39. The van der Waals surface area contributed by atoms with E-state index in [9.17, 15) is 18.0 Å². The SMILES string of the molecule is CCCN(CCN)C(=O)c1ccc(C(F)(F)F)cc1. The molecule has 0 radical (unpaired) electrons. The molecule has 1 aromatic carbocycles. The lowest BCUT2D eigenvalue weighted by molar-refractivity contribution is -0.137. The minimum absolute atomic E-state index is 0.245. The van der Waals surface area contributed by atoms with Crippen molar-refractivity contribution in [3.05, 3.63) is 35.4 Å². The van der Waals surface area contributed by atoms with E-state index < -0.39 is 11.7 Å². The van der Waals surface area contributed by atoms with Gasteiger partial charge in [0.05, 0.1) is 5.56 Å². The lowest BCUT2D eigenvalue weighted by atomic mass is 10.1. The smallest absolute Gasteiger partial charge is 0.337 e. The van der Waals surface area contributed by atoms with Crippen LogP contribution in [-0.4, -0.2) is 30.4 Å². The molecule has 6 heteroatoms. The van der Waals surface area contributed by atoms with Gasteiger partial charge in [-0.15, -0.1) is 0 Å². The summed E-state index contributed by atoms with van der Waals surface area (Å²) in [6.07, 6.45) is -3.62. The van der Waals surface area contributed by atoms with Crippen LogP contribution < -0.4 is 5.73 Å². The Morgan fingerprint density at radius 2 is 1.79 bits per heavy atom. The Hall–Kier alpha value is -1.56. The van der Waals surface area contributed by atoms with Gasteiger partial charge >= 0.3 is 6.18 Å². The van der Waals surface area contributed by atoms with Gasteiger partial charge < -0.3 is 10.6 Å². The molecule has 1 rings (SSSR count). The van der Waals surface area contributed by atoms with Gasteiger partial charge in [-0.05, 0) is 30.7 Å². The topological polar surface area (TPSA) is 46.3 Å². The third-order valence-corrected chi connectivity index (χ3v) is 2.64. The summed E-state index contributed by atoms with van der Waals surface area (Å²) in [7, 11) is 0. The largest absolute Gasteiger partial charge is 0.416 e. The Morgan fingerprint density at radius 3 is 2.21 bits per heavy atom. The number of carbonyl (C=O) groups is 1. The van der Waals surface area contributed by atoms with Crippen molar-refractivity contribution in [2.45, 2.75) is 19.5 Å². The molecule has 0 aliphatic heterocycles. The molecule has 0 aliphatic carbocycles. The number of benzene rings is 1. The first kappa shape index (κ1) is 15.5. The molecule has 0 atom stereocenters. The molecule has 106 valence electrons. The third kappa shape index (κ3) is 4.24. The van der Waals surface area contributed by atoms with E-state index >= 15 is 0 Å². The lowest BCUT2D eigenvalue weighted by Crippen LogP contribution is -2.35. The highest BCUT2D eigenvalue weighted by Crippen LogP contribution is 2.29. The van der Waals surface area contributed by atoms with Gasteiger partial charge in [0.25, 0.3) is 5.91 Å². The molecule has 1 aromatic rings. The van der Waals surface area contributed by atoms with Crippen LogP contribution in [0.15, 0.2) is 24.3 Å². The average Bonchev–Trinajstić information content (AvgIpc) is 2.37. The highest BCUT2D eigenvalue weighted by molar-refractivity contribution is 5.94. The maximum atomic E-state index is 12.4. The van der Waals surface area contributed by atoms with Crippen LogP contribution in [0.5, 0.6) is 0 Å². The molecule has 0 heterocycles. The lowest BCUT2D eigenvalue weighted by Gasteiger charge is -2.21. The molecule has 0 saturated heterocycles. The van der Waals surface area contributed by atoms with E-state index in [1.807, 2.05) is 6.92 Å². The summed E-state index contributed by atoms with van der Waals surface area (Å²) >= 11 is 0. The number of nitrogens with two attached hydrogens (primary N) is 1. The third-order valence-electron chi connectivity index (χ3n) is 2.64. The van der Waals surface area contributed by atoms with Crippen LogP contribution >= 0.6 is 0 Å². The monoisotopic (exact) mass is 274 g/mol. The average molecular weight is 274 g/mol. The summed E-state index contributed by atoms with van der Waals surface area (Å²) in [6, 6.07) is 4.23. The van der Waals surface area contributed by atoms with Crippen LogP contribution in [0.25, 0.3) is 0 Å². The second-order valence-electron chi connectivity index (χ2n) is 4.16. The number of hydrogen-bond donors (Lipinski definition) is 1. The molecule has 0 aromatic heterocycles. The number of halogens is 3. The van der Waals surface area contributed by atoms with Gasteiger partial charge in [-0.25, -0.2) is 0 Å². The molecule has 2 N–H and O–H groups in total. The molecular formula is C13H17F3N2O. The molecule has 0 saturated carbocycles. The first-order chi connectivity index (χ1) is 8.90. The quantitative estimate of drug-likeness (QED) is 0.896. The number of amides is 1. The predicted octanol–water partition coefficient (Wildman–Crippen LogP) is 2.52. The molecule has 3 nitrogen and oxygen atoms in total. The van der Waals surface area contributed by atoms with Crippen molar-refractivity contribution in [2.75, 3.05) is 19.6 Å². The summed E-state index contributed by atoms with van der Waals surface area (Å²) in [5.41, 5.74) is 4.90. The Morgan fingerprint density at radius 1 is 1.21 bits per heavy atom. The van der Waals surface area contributed by atoms with Crippen molar-refractivity contribution in [3.63, 3.8) is 0 Å². The summed E-state index contributed by atoms with van der Waals surface area (Å²) in [5, 5.41) is 0. The van der Waals surface area contributed by atoms with Crippen LogP contribution in [-0.2, 0) is 6.18 Å². The summed E-state index contributed by atoms with van der Waals surface area (Å²) in [4.78, 5) is 13.6. The first-order valence-electron chi connectivity index (χ1n) is 6.06. The van der Waals surface area contributed by atoms with E-state index in [4.69, 9.17) is 5.73 Å². The van der Waals surface area contributed by atoms with E-state index in [1.54, 1.807) is 4.90 Å². The zero-order valence-electron chi connectivity index (χ0n) is 10.7. The van der Waals surface area contributed by atoms with Gasteiger partial charge in [0.1, 0.15) is 0 Å². The number of carbonyl (C=O) groups excluding carboxylic acids is 1. The number of hydrogen-bond acceptors (Lipinski definition) is 2. The highest BCUT2D eigenvalue weighted by atomic mass is 19.4. The summed E-state index contributed by atoms with van der Waals surface area (Å²) in [6.45, 7) is 3.18. The van der Waals surface area contributed by atoms with Crippen LogP contribution in [0, 0.1) is 0 Å². The predicted molar refractivity (Wildman–Crippen MR) is 66.7 cm³/mol. The van der Waals surface area contributed by atoms with Gasteiger partial charge in [0.15, 0.2) is 0 Å². The van der Waals surface area contributed by atoms with E-state index in [2.05, 4.69) is 0 Å². The van der Waals surface area contributed by atoms with Crippen molar-refractivity contribution in [1.82, 2.24) is 4.90 Å². The number of alkyl halides is 3.